The van der Waals surface area contributed by atoms with Gasteiger partial charge in [-0.15, -0.1) is 5.10 Å². The van der Waals surface area contributed by atoms with Crippen molar-refractivity contribution < 1.29 is 8.78 Å². The van der Waals surface area contributed by atoms with Gasteiger partial charge in [0.25, 0.3) is 6.43 Å². The molecule has 0 aliphatic carbocycles. The van der Waals surface area contributed by atoms with Crippen LogP contribution in [0, 0.1) is 0 Å². The molecule has 3 nitrogen and oxygen atoms in total. The Hall–Kier alpha value is -1.13. The van der Waals surface area contributed by atoms with E-state index in [4.69, 9.17) is 0 Å². The Morgan fingerprint density at radius 2 is 2.11 bits per heavy atom. The van der Waals surface area contributed by atoms with Gasteiger partial charge in [-0.25, -0.2) is 13.8 Å². The molecule has 0 atom stereocenters. The molecular formula is C4H3F2N3. The molecule has 0 spiro atoms. The van der Waals surface area contributed by atoms with Crippen LogP contribution in [0.25, 0.3) is 0 Å². The Kier molecular flexibility index (Phi) is 1.62. The summed E-state index contributed by atoms with van der Waals surface area (Å²) in [7, 11) is 0. The molecule has 9 heavy (non-hydrogen) atoms. The number of rotatable bonds is 1. The predicted octanol–water partition coefficient (Wildman–Crippen LogP) is 0.809. The molecule has 0 aromatic carbocycles. The van der Waals surface area contributed by atoms with Crippen LogP contribution in [0.5, 0.6) is 0 Å². The number of hydrogen-bond donors (Lipinski definition) is 0. The minimum atomic E-state index is -2.63. The summed E-state index contributed by atoms with van der Waals surface area (Å²) < 4.78 is 23.2. The maximum absolute atomic E-state index is 11.6. The highest BCUT2D eigenvalue weighted by Crippen LogP contribution is 2.10. The fourth-order valence-electron chi connectivity index (χ4n) is 0.358. The molecule has 0 N–H and O–H groups in total. The summed E-state index contributed by atoms with van der Waals surface area (Å²) in [5, 5.41) is 6.28. The molecule has 0 bridgehead atoms. The fourth-order valence-corrected chi connectivity index (χ4v) is 0.358. The van der Waals surface area contributed by atoms with E-state index >= 15 is 0 Å². The predicted molar refractivity (Wildman–Crippen MR) is 24.8 cm³/mol. The molecule has 0 saturated carbocycles. The highest BCUT2D eigenvalue weighted by atomic mass is 19.3. The smallest absolute Gasteiger partial charge is 0.233 e. The van der Waals surface area contributed by atoms with Crippen LogP contribution >= 0.6 is 0 Å². The molecule has 0 fully saturated rings. The van der Waals surface area contributed by atoms with Gasteiger partial charge in [0.1, 0.15) is 0 Å². The van der Waals surface area contributed by atoms with Gasteiger partial charge in [-0.3, -0.25) is 0 Å². The zero-order valence-electron chi connectivity index (χ0n) is 4.33. The zero-order chi connectivity index (χ0) is 6.69. The van der Waals surface area contributed by atoms with Crippen LogP contribution in [0.3, 0.4) is 0 Å². The third-order valence-corrected chi connectivity index (χ3v) is 0.696. The standard InChI is InChI=1S/C4H3F2N3/c5-3(6)4-7-1-2-8-9-4/h1-3H. The molecular weight excluding hydrogens is 128 g/mol. The summed E-state index contributed by atoms with van der Waals surface area (Å²) in [6, 6.07) is 0. The second-order valence-corrected chi connectivity index (χ2v) is 1.30. The highest BCUT2D eigenvalue weighted by Gasteiger charge is 2.08. The summed E-state index contributed by atoms with van der Waals surface area (Å²) >= 11 is 0. The lowest BCUT2D eigenvalue weighted by Gasteiger charge is -1.90. The van der Waals surface area contributed by atoms with Crippen molar-refractivity contribution in [1.29, 1.82) is 0 Å². The first-order chi connectivity index (χ1) is 4.30. The lowest BCUT2D eigenvalue weighted by molar-refractivity contribution is 0.139. The molecule has 1 aromatic heterocycles. The molecule has 0 aliphatic heterocycles. The van der Waals surface area contributed by atoms with Crippen LogP contribution in [0.2, 0.25) is 0 Å². The first-order valence-electron chi connectivity index (χ1n) is 2.22. The number of nitrogens with zero attached hydrogens (tertiary/aromatic N) is 3. The summed E-state index contributed by atoms with van der Waals surface area (Å²) in [6.07, 6.45) is -0.209. The van der Waals surface area contributed by atoms with Crippen molar-refractivity contribution in [2.24, 2.45) is 0 Å². The van der Waals surface area contributed by atoms with Gasteiger partial charge < -0.3 is 0 Å². The maximum atomic E-state index is 11.6. The van der Waals surface area contributed by atoms with E-state index in [0.29, 0.717) is 0 Å². The Morgan fingerprint density at radius 1 is 1.33 bits per heavy atom. The van der Waals surface area contributed by atoms with E-state index in [2.05, 4.69) is 15.2 Å². The van der Waals surface area contributed by atoms with E-state index < -0.39 is 12.2 Å². The van der Waals surface area contributed by atoms with E-state index in [1.807, 2.05) is 0 Å². The van der Waals surface area contributed by atoms with E-state index in [1.165, 1.54) is 12.4 Å². The maximum Gasteiger partial charge on any atom is 0.299 e. The second kappa shape index (κ2) is 2.43. The molecule has 48 valence electrons. The normalized spacial score (nSPS) is 10.1. The van der Waals surface area contributed by atoms with Crippen LogP contribution in [0.15, 0.2) is 12.4 Å². The topological polar surface area (TPSA) is 38.7 Å². The molecule has 0 saturated heterocycles. The van der Waals surface area contributed by atoms with Gasteiger partial charge in [-0.1, -0.05) is 0 Å². The lowest BCUT2D eigenvalue weighted by Crippen LogP contribution is -1.94. The number of halogens is 2. The molecule has 0 amide bonds. The van der Waals surface area contributed by atoms with Crippen LogP contribution in [0.4, 0.5) is 8.78 Å². The molecule has 0 aliphatic rings. The number of alkyl halides is 2. The Bertz CT molecular complexity index is 176. The van der Waals surface area contributed by atoms with Crippen molar-refractivity contribution in [2.45, 2.75) is 6.43 Å². The molecule has 1 aromatic rings. The molecule has 5 heteroatoms. The molecule has 1 rings (SSSR count). The lowest BCUT2D eigenvalue weighted by atomic mass is 10.6. The van der Waals surface area contributed by atoms with Crippen molar-refractivity contribution >= 4 is 0 Å². The Labute approximate surface area is 49.8 Å². The zero-order valence-corrected chi connectivity index (χ0v) is 4.33. The fraction of sp³-hybridized carbons (Fsp3) is 0.250. The quantitative estimate of drug-likeness (QED) is 0.566. The van der Waals surface area contributed by atoms with Crippen LogP contribution < -0.4 is 0 Å². The molecule has 1 heterocycles. The summed E-state index contributed by atoms with van der Waals surface area (Å²) in [5.41, 5.74) is 0. The average molecular weight is 131 g/mol. The average Bonchev–Trinajstić information content (AvgIpc) is 1.90. The van der Waals surface area contributed by atoms with Gasteiger partial charge in [0, 0.05) is 6.20 Å². The summed E-state index contributed by atoms with van der Waals surface area (Å²) in [5.74, 6) is -0.530. The van der Waals surface area contributed by atoms with Gasteiger partial charge in [0.05, 0.1) is 6.20 Å². The van der Waals surface area contributed by atoms with E-state index in [0.717, 1.165) is 0 Å². The number of hydrogen-bond acceptors (Lipinski definition) is 3. The minimum Gasteiger partial charge on any atom is -0.233 e. The van der Waals surface area contributed by atoms with E-state index in [-0.39, 0.29) is 0 Å². The SMILES string of the molecule is FC(F)c1nccnn1. The van der Waals surface area contributed by atoms with Crippen molar-refractivity contribution in [3.8, 4) is 0 Å². The van der Waals surface area contributed by atoms with Gasteiger partial charge in [0.2, 0.25) is 5.82 Å². The van der Waals surface area contributed by atoms with E-state index in [1.54, 1.807) is 0 Å². The van der Waals surface area contributed by atoms with E-state index in [9.17, 15) is 8.78 Å². The van der Waals surface area contributed by atoms with Crippen LogP contribution in [0.1, 0.15) is 12.2 Å². The van der Waals surface area contributed by atoms with Crippen molar-refractivity contribution in [3.63, 3.8) is 0 Å². The largest absolute Gasteiger partial charge is 0.299 e. The first kappa shape index (κ1) is 6.00. The monoisotopic (exact) mass is 131 g/mol. The second-order valence-electron chi connectivity index (χ2n) is 1.30. The highest BCUT2D eigenvalue weighted by molar-refractivity contribution is 4.81. The number of aromatic nitrogens is 3. The summed E-state index contributed by atoms with van der Waals surface area (Å²) in [4.78, 5) is 3.25. The molecule has 0 unspecified atom stereocenters. The Balaban J connectivity index is 2.85. The van der Waals surface area contributed by atoms with Gasteiger partial charge >= 0.3 is 0 Å². The van der Waals surface area contributed by atoms with Crippen molar-refractivity contribution in [1.82, 2.24) is 15.2 Å². The van der Waals surface area contributed by atoms with Gasteiger partial charge in [-0.2, -0.15) is 5.10 Å². The van der Waals surface area contributed by atoms with Gasteiger partial charge in [-0.05, 0) is 0 Å². The minimum absolute atomic E-state index is 0.530. The van der Waals surface area contributed by atoms with Crippen LogP contribution in [-0.4, -0.2) is 15.2 Å². The van der Waals surface area contributed by atoms with Crippen LogP contribution in [-0.2, 0) is 0 Å². The van der Waals surface area contributed by atoms with Gasteiger partial charge in [0.15, 0.2) is 0 Å². The third kappa shape index (κ3) is 1.38. The molecule has 0 radical (unpaired) electrons. The summed E-state index contributed by atoms with van der Waals surface area (Å²) in [6.45, 7) is 0. The van der Waals surface area contributed by atoms with Crippen molar-refractivity contribution in [2.75, 3.05) is 0 Å². The first-order valence-corrected chi connectivity index (χ1v) is 2.22. The Morgan fingerprint density at radius 3 is 2.44 bits per heavy atom. The van der Waals surface area contributed by atoms with Crippen molar-refractivity contribution in [3.05, 3.63) is 18.2 Å². The third-order valence-electron chi connectivity index (χ3n) is 0.696.